The van der Waals surface area contributed by atoms with Gasteiger partial charge in [-0.2, -0.15) is 0 Å². The number of hydrogen-bond donors (Lipinski definition) is 1. The topological polar surface area (TPSA) is 54.4 Å². The third-order valence-electron chi connectivity index (χ3n) is 2.69. The number of benzene rings is 1. The van der Waals surface area contributed by atoms with Crippen LogP contribution in [0.4, 0.5) is 0 Å². The largest absolute Gasteiger partial charge is 0.374 e. The van der Waals surface area contributed by atoms with Gasteiger partial charge in [-0.25, -0.2) is 8.42 Å². The van der Waals surface area contributed by atoms with E-state index >= 15 is 0 Å². The molecule has 0 heterocycles. The predicted molar refractivity (Wildman–Crippen MR) is 68.6 cm³/mol. The Balaban J connectivity index is 3.22. The molecule has 0 radical (unpaired) electrons. The first-order valence-electron chi connectivity index (χ1n) is 5.54. The molecule has 1 aromatic rings. The van der Waals surface area contributed by atoms with Crippen molar-refractivity contribution in [1.29, 1.82) is 0 Å². The third kappa shape index (κ3) is 2.87. The Bertz CT molecular complexity index is 485. The molecular weight excluding hydrogens is 236 g/mol. The lowest BCUT2D eigenvalue weighted by Crippen LogP contribution is -2.31. The standard InChI is InChI=1S/C13H20O3S/c1-12(2,3)10-6-8-11(9-7-10)17(15,16)13(4,5)14/h6-9,14H,1-5H3. The molecule has 0 spiro atoms. The van der Waals surface area contributed by atoms with Gasteiger partial charge in [0.1, 0.15) is 0 Å². The lowest BCUT2D eigenvalue weighted by molar-refractivity contribution is 0.165. The molecule has 17 heavy (non-hydrogen) atoms. The van der Waals surface area contributed by atoms with Crippen molar-refractivity contribution in [3.8, 4) is 0 Å². The first-order chi connectivity index (χ1) is 7.46. The van der Waals surface area contributed by atoms with Crippen molar-refractivity contribution < 1.29 is 13.5 Å². The van der Waals surface area contributed by atoms with Crippen LogP contribution in [0.25, 0.3) is 0 Å². The number of hydrogen-bond acceptors (Lipinski definition) is 3. The van der Waals surface area contributed by atoms with Crippen LogP contribution in [0.1, 0.15) is 40.2 Å². The normalized spacial score (nSPS) is 13.8. The van der Waals surface area contributed by atoms with E-state index in [0.29, 0.717) is 0 Å². The van der Waals surface area contributed by atoms with Crippen LogP contribution in [-0.4, -0.2) is 18.5 Å². The Morgan fingerprint density at radius 2 is 1.35 bits per heavy atom. The SMILES string of the molecule is CC(C)(C)c1ccc(S(=O)(=O)C(C)(C)O)cc1. The first-order valence-corrected chi connectivity index (χ1v) is 7.02. The minimum atomic E-state index is -3.68. The molecule has 0 aliphatic heterocycles. The Morgan fingerprint density at radius 1 is 0.941 bits per heavy atom. The van der Waals surface area contributed by atoms with Gasteiger partial charge in [0, 0.05) is 0 Å². The van der Waals surface area contributed by atoms with Crippen molar-refractivity contribution in [2.45, 2.75) is 49.9 Å². The van der Waals surface area contributed by atoms with Crippen molar-refractivity contribution in [3.05, 3.63) is 29.8 Å². The average Bonchev–Trinajstić information content (AvgIpc) is 2.15. The van der Waals surface area contributed by atoms with Crippen LogP contribution in [0, 0.1) is 0 Å². The van der Waals surface area contributed by atoms with Gasteiger partial charge in [0.25, 0.3) is 0 Å². The average molecular weight is 256 g/mol. The van der Waals surface area contributed by atoms with E-state index in [4.69, 9.17) is 0 Å². The smallest absolute Gasteiger partial charge is 0.207 e. The molecule has 0 aromatic heterocycles. The number of sulfone groups is 1. The van der Waals surface area contributed by atoms with E-state index in [1.165, 1.54) is 13.8 Å². The molecule has 96 valence electrons. The molecule has 1 N–H and O–H groups in total. The van der Waals surface area contributed by atoms with Crippen LogP contribution >= 0.6 is 0 Å². The van der Waals surface area contributed by atoms with Gasteiger partial charge >= 0.3 is 0 Å². The summed E-state index contributed by atoms with van der Waals surface area (Å²) < 4.78 is 23.9. The van der Waals surface area contributed by atoms with Crippen LogP contribution in [0.5, 0.6) is 0 Å². The lowest BCUT2D eigenvalue weighted by Gasteiger charge is -2.21. The molecule has 0 saturated heterocycles. The molecule has 0 saturated carbocycles. The highest BCUT2D eigenvalue weighted by Crippen LogP contribution is 2.27. The molecule has 1 rings (SSSR count). The lowest BCUT2D eigenvalue weighted by atomic mass is 9.87. The van der Waals surface area contributed by atoms with Gasteiger partial charge in [0.15, 0.2) is 4.93 Å². The molecule has 4 heteroatoms. The van der Waals surface area contributed by atoms with E-state index in [1.807, 2.05) is 0 Å². The molecule has 0 atom stereocenters. The zero-order valence-electron chi connectivity index (χ0n) is 11.0. The maximum atomic E-state index is 12.0. The van der Waals surface area contributed by atoms with E-state index in [9.17, 15) is 13.5 Å². The minimum Gasteiger partial charge on any atom is -0.374 e. The summed E-state index contributed by atoms with van der Waals surface area (Å²) in [5, 5.41) is 9.64. The van der Waals surface area contributed by atoms with E-state index < -0.39 is 14.8 Å². The molecule has 0 amide bonds. The summed E-state index contributed by atoms with van der Waals surface area (Å²) in [5.74, 6) is 0. The van der Waals surface area contributed by atoms with Crippen LogP contribution in [0.3, 0.4) is 0 Å². The number of aliphatic hydroxyl groups is 1. The molecule has 0 bridgehead atoms. The molecule has 0 aliphatic carbocycles. The van der Waals surface area contributed by atoms with Crippen molar-refractivity contribution in [2.24, 2.45) is 0 Å². The molecule has 0 fully saturated rings. The quantitative estimate of drug-likeness (QED) is 0.884. The van der Waals surface area contributed by atoms with Gasteiger partial charge in [-0.1, -0.05) is 32.9 Å². The summed E-state index contributed by atoms with van der Waals surface area (Å²) in [6, 6.07) is 6.68. The zero-order chi connectivity index (χ0) is 13.5. The monoisotopic (exact) mass is 256 g/mol. The molecule has 1 aromatic carbocycles. The van der Waals surface area contributed by atoms with Crippen molar-refractivity contribution in [3.63, 3.8) is 0 Å². The van der Waals surface area contributed by atoms with Crippen LogP contribution in [0.15, 0.2) is 29.2 Å². The van der Waals surface area contributed by atoms with E-state index in [-0.39, 0.29) is 10.3 Å². The third-order valence-corrected chi connectivity index (χ3v) is 4.90. The van der Waals surface area contributed by atoms with Gasteiger partial charge in [-0.3, -0.25) is 0 Å². The van der Waals surface area contributed by atoms with Gasteiger partial charge < -0.3 is 5.11 Å². The predicted octanol–water partition coefficient (Wildman–Crippen LogP) is 2.49. The molecule has 3 nitrogen and oxygen atoms in total. The van der Waals surface area contributed by atoms with Crippen molar-refractivity contribution in [2.75, 3.05) is 0 Å². The fourth-order valence-corrected chi connectivity index (χ4v) is 2.49. The molecule has 0 aliphatic rings. The Morgan fingerprint density at radius 3 is 1.65 bits per heavy atom. The summed E-state index contributed by atoms with van der Waals surface area (Å²) in [5.41, 5.74) is 1.05. The van der Waals surface area contributed by atoms with E-state index in [0.717, 1.165) is 5.56 Å². The summed E-state index contributed by atoms with van der Waals surface area (Å²) in [6.45, 7) is 8.74. The van der Waals surface area contributed by atoms with E-state index in [2.05, 4.69) is 20.8 Å². The highest BCUT2D eigenvalue weighted by molar-refractivity contribution is 7.92. The van der Waals surface area contributed by atoms with Gasteiger partial charge in [0.05, 0.1) is 4.90 Å². The Kier molecular flexibility index (Phi) is 3.43. The summed E-state index contributed by atoms with van der Waals surface area (Å²) in [6.07, 6.45) is 0. The zero-order valence-corrected chi connectivity index (χ0v) is 11.8. The highest BCUT2D eigenvalue weighted by atomic mass is 32.2. The van der Waals surface area contributed by atoms with Crippen molar-refractivity contribution in [1.82, 2.24) is 0 Å². The van der Waals surface area contributed by atoms with Gasteiger partial charge in [0.2, 0.25) is 9.84 Å². The van der Waals surface area contributed by atoms with Gasteiger partial charge in [-0.05, 0) is 37.0 Å². The minimum absolute atomic E-state index is 0.0168. The van der Waals surface area contributed by atoms with E-state index in [1.54, 1.807) is 24.3 Å². The fourth-order valence-electron chi connectivity index (χ4n) is 1.42. The van der Waals surface area contributed by atoms with Gasteiger partial charge in [-0.15, -0.1) is 0 Å². The highest BCUT2D eigenvalue weighted by Gasteiger charge is 2.33. The van der Waals surface area contributed by atoms with Crippen LogP contribution in [0.2, 0.25) is 0 Å². The summed E-state index contributed by atoms with van der Waals surface area (Å²) >= 11 is 0. The Labute approximate surface area is 103 Å². The first kappa shape index (κ1) is 14.2. The summed E-state index contributed by atoms with van der Waals surface area (Å²) in [4.78, 5) is -1.60. The van der Waals surface area contributed by atoms with Crippen molar-refractivity contribution >= 4 is 9.84 Å². The Hall–Kier alpha value is -0.870. The fraction of sp³-hybridized carbons (Fsp3) is 0.538. The maximum Gasteiger partial charge on any atom is 0.207 e. The summed E-state index contributed by atoms with van der Waals surface area (Å²) in [7, 11) is -3.68. The maximum absolute atomic E-state index is 12.0. The van der Waals surface area contributed by atoms with Crippen LogP contribution < -0.4 is 0 Å². The van der Waals surface area contributed by atoms with Crippen LogP contribution in [-0.2, 0) is 15.3 Å². The number of rotatable bonds is 2. The second-order valence-corrected chi connectivity index (χ2v) is 8.20. The second kappa shape index (κ2) is 4.10. The molecule has 0 unspecified atom stereocenters. The molecular formula is C13H20O3S. The second-order valence-electron chi connectivity index (χ2n) is 5.72.